The van der Waals surface area contributed by atoms with E-state index in [2.05, 4.69) is 34.6 Å². The van der Waals surface area contributed by atoms with Crippen LogP contribution in [0.4, 0.5) is 0 Å². The number of hydrogen-bond acceptors (Lipinski definition) is 5. The van der Waals surface area contributed by atoms with Crippen molar-refractivity contribution < 1.29 is 19.1 Å². The SMILES string of the molecule is COc1ccc(CCCCCC[C@@H](C=O)CC(N)=O)cc1.N[C@@H](Cc1c[nH]c2ccccc12)C(=O)NCCc1ccccc1. The summed E-state index contributed by atoms with van der Waals surface area (Å²) in [5, 5.41) is 4.04. The van der Waals surface area contributed by atoms with E-state index < -0.39 is 11.9 Å². The molecule has 8 heteroatoms. The van der Waals surface area contributed by atoms with Gasteiger partial charge < -0.3 is 31.3 Å². The summed E-state index contributed by atoms with van der Waals surface area (Å²) in [4.78, 5) is 36.9. The molecule has 4 rings (SSSR count). The Morgan fingerprint density at radius 1 is 0.886 bits per heavy atom. The standard InChI is InChI=1S/C19H21N3O.C17H25NO3/c20-17(12-15-13-22-18-9-5-4-8-16(15)18)19(23)21-11-10-14-6-2-1-3-7-14;1-21-16-10-8-14(9-11-16)6-4-2-3-5-7-15(13-19)12-17(18)20/h1-9,13,17,22H,10-12,20H2,(H,21,23);8-11,13,15H,2-7,12H2,1H3,(H2,18,20)/t17-;15-/m01/s1. The number of hydrogen-bond donors (Lipinski definition) is 4. The Morgan fingerprint density at radius 2 is 1.57 bits per heavy atom. The van der Waals surface area contributed by atoms with Crippen LogP contribution in [0.25, 0.3) is 10.9 Å². The fourth-order valence-corrected chi connectivity index (χ4v) is 5.09. The van der Waals surface area contributed by atoms with Crippen LogP contribution in [0.1, 0.15) is 55.2 Å². The van der Waals surface area contributed by atoms with Gasteiger partial charge in [0, 0.05) is 36.0 Å². The lowest BCUT2D eigenvalue weighted by Crippen LogP contribution is -2.42. The number of H-pyrrole nitrogens is 1. The smallest absolute Gasteiger partial charge is 0.237 e. The molecule has 0 radical (unpaired) electrons. The van der Waals surface area contributed by atoms with Crippen LogP contribution in [0, 0.1) is 5.92 Å². The molecule has 2 amide bonds. The van der Waals surface area contributed by atoms with Crippen LogP contribution in [0.2, 0.25) is 0 Å². The van der Waals surface area contributed by atoms with E-state index in [4.69, 9.17) is 16.2 Å². The second-order valence-corrected chi connectivity index (χ2v) is 11.1. The fraction of sp³-hybridized carbons (Fsp3) is 0.361. The van der Waals surface area contributed by atoms with Gasteiger partial charge in [-0.25, -0.2) is 0 Å². The van der Waals surface area contributed by atoms with Crippen molar-refractivity contribution in [3.8, 4) is 5.75 Å². The highest BCUT2D eigenvalue weighted by atomic mass is 16.5. The molecule has 4 aromatic rings. The number of amides is 2. The number of primary amides is 1. The van der Waals surface area contributed by atoms with Crippen LogP contribution >= 0.6 is 0 Å². The summed E-state index contributed by atoms with van der Waals surface area (Å²) < 4.78 is 5.13. The zero-order valence-corrected chi connectivity index (χ0v) is 25.7. The average Bonchev–Trinajstić information content (AvgIpc) is 3.45. The van der Waals surface area contributed by atoms with E-state index >= 15 is 0 Å². The van der Waals surface area contributed by atoms with Crippen LogP contribution in [0.3, 0.4) is 0 Å². The van der Waals surface area contributed by atoms with Crippen molar-refractivity contribution in [1.29, 1.82) is 0 Å². The topological polar surface area (TPSA) is 140 Å². The number of carbonyl (C=O) groups excluding carboxylic acids is 3. The summed E-state index contributed by atoms with van der Waals surface area (Å²) in [5.41, 5.74) is 15.8. The second-order valence-electron chi connectivity index (χ2n) is 11.1. The minimum Gasteiger partial charge on any atom is -0.497 e. The third-order valence-electron chi connectivity index (χ3n) is 7.61. The van der Waals surface area contributed by atoms with E-state index in [1.807, 2.05) is 60.8 Å². The minimum atomic E-state index is -0.537. The maximum absolute atomic E-state index is 12.1. The number of aromatic nitrogens is 1. The first kappa shape index (κ1) is 34.1. The lowest BCUT2D eigenvalue weighted by molar-refractivity contribution is -0.122. The van der Waals surface area contributed by atoms with Gasteiger partial charge in [-0.3, -0.25) is 9.59 Å². The number of benzene rings is 3. The van der Waals surface area contributed by atoms with Gasteiger partial charge in [0.1, 0.15) is 12.0 Å². The average molecular weight is 599 g/mol. The molecule has 0 saturated carbocycles. The third-order valence-corrected chi connectivity index (χ3v) is 7.61. The number of carbonyl (C=O) groups is 3. The summed E-state index contributed by atoms with van der Waals surface area (Å²) in [7, 11) is 1.67. The Labute approximate surface area is 260 Å². The zero-order chi connectivity index (χ0) is 31.6. The van der Waals surface area contributed by atoms with Crippen molar-refractivity contribution in [3.05, 3.63) is 102 Å². The Kier molecular flexibility index (Phi) is 14.7. The Bertz CT molecular complexity index is 1420. The zero-order valence-electron chi connectivity index (χ0n) is 25.7. The molecule has 234 valence electrons. The van der Waals surface area contributed by atoms with Crippen LogP contribution in [0.15, 0.2) is 85.1 Å². The molecule has 1 heterocycles. The maximum atomic E-state index is 12.1. The molecule has 6 N–H and O–H groups in total. The summed E-state index contributed by atoms with van der Waals surface area (Å²) in [5.74, 6) is 0.176. The van der Waals surface area contributed by atoms with Gasteiger partial charge in [0.25, 0.3) is 0 Å². The predicted octanol–water partition coefficient (Wildman–Crippen LogP) is 5.28. The quantitative estimate of drug-likeness (QED) is 0.0968. The molecule has 0 aliphatic heterocycles. The number of para-hydroxylation sites is 1. The predicted molar refractivity (Wildman–Crippen MR) is 176 cm³/mol. The second kappa shape index (κ2) is 19.0. The van der Waals surface area contributed by atoms with Crippen molar-refractivity contribution in [3.63, 3.8) is 0 Å². The highest BCUT2D eigenvalue weighted by Crippen LogP contribution is 2.19. The number of ether oxygens (including phenoxy) is 1. The lowest BCUT2D eigenvalue weighted by atomic mass is 9.98. The molecule has 44 heavy (non-hydrogen) atoms. The molecule has 2 atom stereocenters. The molecule has 0 spiro atoms. The van der Waals surface area contributed by atoms with E-state index in [1.165, 1.54) is 11.1 Å². The molecule has 3 aromatic carbocycles. The fourth-order valence-electron chi connectivity index (χ4n) is 5.09. The largest absolute Gasteiger partial charge is 0.497 e. The van der Waals surface area contributed by atoms with Gasteiger partial charge in [-0.1, -0.05) is 79.9 Å². The Balaban J connectivity index is 0.000000242. The highest BCUT2D eigenvalue weighted by Gasteiger charge is 2.15. The van der Waals surface area contributed by atoms with Crippen molar-refractivity contribution in [2.45, 2.75) is 63.8 Å². The molecule has 8 nitrogen and oxygen atoms in total. The number of nitrogens with one attached hydrogen (secondary N) is 2. The highest BCUT2D eigenvalue weighted by molar-refractivity contribution is 5.86. The summed E-state index contributed by atoms with van der Waals surface area (Å²) in [6.45, 7) is 0.602. The minimum absolute atomic E-state index is 0.105. The number of methoxy groups -OCH3 is 1. The number of aldehydes is 1. The van der Waals surface area contributed by atoms with E-state index in [0.29, 0.717) is 13.0 Å². The van der Waals surface area contributed by atoms with Crippen molar-refractivity contribution in [1.82, 2.24) is 10.3 Å². The lowest BCUT2D eigenvalue weighted by Gasteiger charge is -2.12. The van der Waals surface area contributed by atoms with E-state index in [0.717, 1.165) is 73.4 Å². The summed E-state index contributed by atoms with van der Waals surface area (Å²) in [6, 6.07) is 25.7. The molecule has 1 aromatic heterocycles. The number of fused-ring (bicyclic) bond motifs is 1. The number of aromatic amines is 1. The molecule has 0 bridgehead atoms. The van der Waals surface area contributed by atoms with Gasteiger partial charge in [0.05, 0.1) is 13.2 Å². The van der Waals surface area contributed by atoms with Crippen LogP contribution in [-0.4, -0.2) is 42.8 Å². The van der Waals surface area contributed by atoms with Gasteiger partial charge in [-0.15, -0.1) is 0 Å². The first-order valence-electron chi connectivity index (χ1n) is 15.4. The van der Waals surface area contributed by atoms with Crippen molar-refractivity contribution >= 4 is 29.0 Å². The summed E-state index contributed by atoms with van der Waals surface area (Å²) in [6.07, 6.45) is 10.4. The first-order valence-corrected chi connectivity index (χ1v) is 15.4. The molecule has 0 aliphatic carbocycles. The van der Waals surface area contributed by atoms with Gasteiger partial charge >= 0.3 is 0 Å². The number of aryl methyl sites for hydroxylation is 1. The third kappa shape index (κ3) is 12.1. The molecule has 0 fully saturated rings. The molecular weight excluding hydrogens is 552 g/mol. The normalized spacial score (nSPS) is 12.0. The Morgan fingerprint density at radius 3 is 2.27 bits per heavy atom. The van der Waals surface area contributed by atoms with Crippen LogP contribution < -0.4 is 21.5 Å². The van der Waals surface area contributed by atoms with E-state index in [9.17, 15) is 14.4 Å². The number of unbranched alkanes of at least 4 members (excludes halogenated alkanes) is 3. The summed E-state index contributed by atoms with van der Waals surface area (Å²) >= 11 is 0. The van der Waals surface area contributed by atoms with Crippen molar-refractivity contribution in [2.24, 2.45) is 17.4 Å². The van der Waals surface area contributed by atoms with E-state index in [-0.39, 0.29) is 18.2 Å². The molecule has 0 aliphatic rings. The van der Waals surface area contributed by atoms with Crippen molar-refractivity contribution in [2.75, 3.05) is 13.7 Å². The Hall–Kier alpha value is -4.43. The van der Waals surface area contributed by atoms with Crippen LogP contribution in [0.5, 0.6) is 5.75 Å². The molecule has 0 saturated heterocycles. The first-order chi connectivity index (χ1) is 21.4. The molecule has 0 unspecified atom stereocenters. The van der Waals surface area contributed by atoms with Gasteiger partial charge in [0.2, 0.25) is 11.8 Å². The van der Waals surface area contributed by atoms with Gasteiger partial charge in [0.15, 0.2) is 0 Å². The molecular formula is C36H46N4O4. The monoisotopic (exact) mass is 598 g/mol. The van der Waals surface area contributed by atoms with Gasteiger partial charge in [-0.2, -0.15) is 0 Å². The van der Waals surface area contributed by atoms with Crippen LogP contribution in [-0.2, 0) is 33.6 Å². The number of nitrogens with two attached hydrogens (primary N) is 2. The number of rotatable bonds is 17. The van der Waals surface area contributed by atoms with Gasteiger partial charge in [-0.05, 0) is 67.0 Å². The maximum Gasteiger partial charge on any atom is 0.237 e. The van der Waals surface area contributed by atoms with E-state index in [1.54, 1.807) is 7.11 Å².